The molecule has 3 aromatic rings. The van der Waals surface area contributed by atoms with Gasteiger partial charge in [-0.3, -0.25) is 0 Å². The largest absolute Gasteiger partial charge is 0.399 e. The van der Waals surface area contributed by atoms with E-state index in [9.17, 15) is 0 Å². The lowest BCUT2D eigenvalue weighted by atomic mass is 10.2. The quantitative estimate of drug-likeness (QED) is 0.655. The van der Waals surface area contributed by atoms with E-state index < -0.39 is 0 Å². The Kier molecular flexibility index (Phi) is 3.77. The molecule has 0 fully saturated rings. The van der Waals surface area contributed by atoms with Crippen molar-refractivity contribution in [2.75, 3.05) is 5.73 Å². The van der Waals surface area contributed by atoms with Gasteiger partial charge in [-0.05, 0) is 79.0 Å². The Hall–Kier alpha value is -1.73. The highest BCUT2D eigenvalue weighted by Gasteiger charge is 2.16. The van der Waals surface area contributed by atoms with Gasteiger partial charge in [-0.15, -0.1) is 5.10 Å². The van der Waals surface area contributed by atoms with Gasteiger partial charge >= 0.3 is 0 Å². The highest BCUT2D eigenvalue weighted by atomic mass is 79.9. The third-order valence-electron chi connectivity index (χ3n) is 2.99. The van der Waals surface area contributed by atoms with Crippen LogP contribution in [0.2, 0.25) is 0 Å². The summed E-state index contributed by atoms with van der Waals surface area (Å²) >= 11 is 7.14. The summed E-state index contributed by atoms with van der Waals surface area (Å²) in [6.07, 6.45) is 0. The summed E-state index contributed by atoms with van der Waals surface area (Å²) in [4.78, 5) is 0. The van der Waals surface area contributed by atoms with Gasteiger partial charge in [0.15, 0.2) is 5.82 Å². The van der Waals surface area contributed by atoms with Crippen LogP contribution in [-0.2, 0) is 0 Å². The topological polar surface area (TPSA) is 69.6 Å². The second-order valence-corrected chi connectivity index (χ2v) is 6.33. The molecule has 0 bridgehead atoms. The van der Waals surface area contributed by atoms with Crippen molar-refractivity contribution in [3.63, 3.8) is 0 Å². The molecule has 0 unspecified atom stereocenters. The summed E-state index contributed by atoms with van der Waals surface area (Å²) in [6, 6.07) is 11.5. The molecule has 0 saturated heterocycles. The molecule has 2 N–H and O–H groups in total. The molecule has 3 rings (SSSR count). The van der Waals surface area contributed by atoms with Gasteiger partial charge in [0.05, 0.1) is 5.69 Å². The van der Waals surface area contributed by atoms with Crippen molar-refractivity contribution in [1.29, 1.82) is 0 Å². The first kappa shape index (κ1) is 14.2. The lowest BCUT2D eigenvalue weighted by Gasteiger charge is -2.10. The number of nitrogens with zero attached hydrogens (tertiary/aromatic N) is 4. The van der Waals surface area contributed by atoms with Crippen LogP contribution in [0.3, 0.4) is 0 Å². The van der Waals surface area contributed by atoms with Crippen LogP contribution in [0.5, 0.6) is 0 Å². The van der Waals surface area contributed by atoms with E-state index in [-0.39, 0.29) is 0 Å². The molecule has 0 aliphatic heterocycles. The van der Waals surface area contributed by atoms with Gasteiger partial charge in [0.2, 0.25) is 0 Å². The molecule has 0 radical (unpaired) electrons. The van der Waals surface area contributed by atoms with Gasteiger partial charge in [-0.2, -0.15) is 4.68 Å². The predicted molar refractivity (Wildman–Crippen MR) is 89.1 cm³/mol. The highest BCUT2D eigenvalue weighted by molar-refractivity contribution is 9.11. The molecule has 0 aliphatic rings. The van der Waals surface area contributed by atoms with E-state index in [1.54, 1.807) is 4.68 Å². The number of hydrogen-bond acceptors (Lipinski definition) is 4. The Morgan fingerprint density at radius 2 is 1.81 bits per heavy atom. The van der Waals surface area contributed by atoms with E-state index in [2.05, 4.69) is 47.4 Å². The van der Waals surface area contributed by atoms with Crippen molar-refractivity contribution in [3.8, 4) is 17.1 Å². The number of aryl methyl sites for hydroxylation is 1. The number of tetrazole rings is 1. The minimum Gasteiger partial charge on any atom is -0.399 e. The van der Waals surface area contributed by atoms with E-state index >= 15 is 0 Å². The molecule has 5 nitrogen and oxygen atoms in total. The van der Waals surface area contributed by atoms with E-state index in [1.807, 2.05) is 43.3 Å². The minimum atomic E-state index is 0.632. The molecule has 2 aromatic carbocycles. The van der Waals surface area contributed by atoms with Crippen LogP contribution in [0.15, 0.2) is 45.3 Å². The molecule has 21 heavy (non-hydrogen) atoms. The summed E-state index contributed by atoms with van der Waals surface area (Å²) in [5, 5.41) is 12.0. The third-order valence-corrected chi connectivity index (χ3v) is 4.20. The van der Waals surface area contributed by atoms with Crippen LogP contribution >= 0.6 is 31.9 Å². The number of hydrogen-bond donors (Lipinski definition) is 1. The van der Waals surface area contributed by atoms with Crippen LogP contribution in [-0.4, -0.2) is 20.2 Å². The third kappa shape index (κ3) is 2.71. The standard InChI is InChI=1S/C14H11Br2N5/c1-8-5-11(15)13(12(16)6-8)21-14(18-19-20-21)9-3-2-4-10(17)7-9/h2-7H,17H2,1H3. The highest BCUT2D eigenvalue weighted by Crippen LogP contribution is 2.32. The fourth-order valence-electron chi connectivity index (χ4n) is 2.09. The van der Waals surface area contributed by atoms with Crippen LogP contribution < -0.4 is 5.73 Å². The van der Waals surface area contributed by atoms with Crippen molar-refractivity contribution in [3.05, 3.63) is 50.9 Å². The van der Waals surface area contributed by atoms with E-state index in [4.69, 9.17) is 5.73 Å². The average molecular weight is 409 g/mol. The number of aromatic nitrogens is 4. The Balaban J connectivity index is 2.21. The van der Waals surface area contributed by atoms with Gasteiger partial charge in [0, 0.05) is 20.2 Å². The maximum atomic E-state index is 5.84. The minimum absolute atomic E-state index is 0.632. The SMILES string of the molecule is Cc1cc(Br)c(-n2nnnc2-c2cccc(N)c2)c(Br)c1. The zero-order chi connectivity index (χ0) is 15.0. The molecular weight excluding hydrogens is 398 g/mol. The van der Waals surface area contributed by atoms with Crippen LogP contribution in [0, 0.1) is 6.92 Å². The normalized spacial score (nSPS) is 10.8. The monoisotopic (exact) mass is 407 g/mol. The van der Waals surface area contributed by atoms with E-state index in [1.165, 1.54) is 0 Å². The molecule has 0 atom stereocenters. The fourth-order valence-corrected chi connectivity index (χ4v) is 3.84. The van der Waals surface area contributed by atoms with Crippen molar-refractivity contribution >= 4 is 37.5 Å². The summed E-state index contributed by atoms with van der Waals surface area (Å²) in [6.45, 7) is 2.03. The molecule has 1 aromatic heterocycles. The van der Waals surface area contributed by atoms with Gasteiger partial charge < -0.3 is 5.73 Å². The smallest absolute Gasteiger partial charge is 0.187 e. The fraction of sp³-hybridized carbons (Fsp3) is 0.0714. The lowest BCUT2D eigenvalue weighted by molar-refractivity contribution is 0.786. The molecule has 7 heteroatoms. The molecule has 106 valence electrons. The van der Waals surface area contributed by atoms with Crippen LogP contribution in [0.25, 0.3) is 17.1 Å². The number of nitrogen functional groups attached to an aromatic ring is 1. The van der Waals surface area contributed by atoms with Crippen molar-refractivity contribution in [2.24, 2.45) is 0 Å². The van der Waals surface area contributed by atoms with Gasteiger partial charge in [0.1, 0.15) is 0 Å². The van der Waals surface area contributed by atoms with Crippen LogP contribution in [0.4, 0.5) is 5.69 Å². The molecule has 0 spiro atoms. The predicted octanol–water partition coefficient (Wildman–Crippen LogP) is 3.74. The van der Waals surface area contributed by atoms with Gasteiger partial charge in [-0.25, -0.2) is 0 Å². The molecule has 1 heterocycles. The zero-order valence-corrected chi connectivity index (χ0v) is 14.3. The molecular formula is C14H11Br2N5. The number of benzene rings is 2. The number of nitrogens with two attached hydrogens (primary N) is 1. The summed E-state index contributed by atoms with van der Waals surface area (Å²) in [7, 11) is 0. The Bertz CT molecular complexity index is 790. The Morgan fingerprint density at radius 1 is 1.10 bits per heavy atom. The maximum Gasteiger partial charge on any atom is 0.187 e. The number of anilines is 1. The zero-order valence-electron chi connectivity index (χ0n) is 11.1. The first-order valence-corrected chi connectivity index (χ1v) is 7.75. The first-order chi connectivity index (χ1) is 10.1. The maximum absolute atomic E-state index is 5.84. The lowest BCUT2D eigenvalue weighted by Crippen LogP contribution is -2.02. The second kappa shape index (κ2) is 5.57. The molecule has 0 saturated carbocycles. The van der Waals surface area contributed by atoms with Crippen LogP contribution in [0.1, 0.15) is 5.56 Å². The average Bonchev–Trinajstić information content (AvgIpc) is 2.86. The Morgan fingerprint density at radius 3 is 2.48 bits per heavy atom. The summed E-state index contributed by atoms with van der Waals surface area (Å²) in [5.74, 6) is 0.632. The van der Waals surface area contributed by atoms with E-state index in [0.717, 1.165) is 25.8 Å². The molecule has 0 aliphatic carbocycles. The van der Waals surface area contributed by atoms with Crippen molar-refractivity contribution in [1.82, 2.24) is 20.2 Å². The number of halogens is 2. The summed E-state index contributed by atoms with van der Waals surface area (Å²) in [5.41, 5.74) is 9.35. The van der Waals surface area contributed by atoms with E-state index in [0.29, 0.717) is 11.5 Å². The van der Waals surface area contributed by atoms with Crippen molar-refractivity contribution in [2.45, 2.75) is 6.92 Å². The van der Waals surface area contributed by atoms with Gasteiger partial charge in [0.25, 0.3) is 0 Å². The number of rotatable bonds is 2. The van der Waals surface area contributed by atoms with Crippen molar-refractivity contribution < 1.29 is 0 Å². The summed E-state index contributed by atoms with van der Waals surface area (Å²) < 4.78 is 3.50. The first-order valence-electron chi connectivity index (χ1n) is 6.16. The molecule has 0 amide bonds. The Labute approximate surface area is 138 Å². The second-order valence-electron chi connectivity index (χ2n) is 4.62. The van der Waals surface area contributed by atoms with Gasteiger partial charge in [-0.1, -0.05) is 12.1 Å².